The van der Waals surface area contributed by atoms with Gasteiger partial charge in [0.1, 0.15) is 12.1 Å². The number of fused-ring (bicyclic) bond motifs is 2. The lowest BCUT2D eigenvalue weighted by Gasteiger charge is -2.36. The first-order valence-corrected chi connectivity index (χ1v) is 17.4. The summed E-state index contributed by atoms with van der Waals surface area (Å²) in [6.07, 6.45) is 1.74. The van der Waals surface area contributed by atoms with E-state index in [1.165, 1.54) is 12.1 Å². The number of thiophene rings is 1. The van der Waals surface area contributed by atoms with Gasteiger partial charge in [-0.25, -0.2) is 0 Å². The fourth-order valence-corrected chi connectivity index (χ4v) is 8.16. The smallest absolute Gasteiger partial charge is 0.339 e. The average Bonchev–Trinajstić information content (AvgIpc) is 3.77. The van der Waals surface area contributed by atoms with E-state index in [2.05, 4.69) is 16.7 Å². The first-order chi connectivity index (χ1) is 21.9. The highest BCUT2D eigenvalue weighted by Crippen LogP contribution is 2.59. The van der Waals surface area contributed by atoms with Gasteiger partial charge in [0.15, 0.2) is 0 Å². The summed E-state index contributed by atoms with van der Waals surface area (Å²) in [5, 5.41) is 16.0. The molecule has 0 spiro atoms. The number of halogens is 2. The number of nitriles is 1. The summed E-state index contributed by atoms with van der Waals surface area (Å²) in [5.41, 5.74) is -4.28. The van der Waals surface area contributed by atoms with Crippen molar-refractivity contribution in [2.45, 2.75) is 49.0 Å². The molecule has 11 nitrogen and oxygen atoms in total. The van der Waals surface area contributed by atoms with Crippen molar-refractivity contribution in [2.24, 2.45) is 5.92 Å². The number of carbonyl (C=O) groups excluding carboxylic acids is 3. The fraction of sp³-hybridized carbons (Fsp3) is 0.419. The van der Waals surface area contributed by atoms with Gasteiger partial charge in [-0.15, -0.1) is 11.3 Å². The van der Waals surface area contributed by atoms with Crippen LogP contribution < -0.4 is 10.6 Å². The standard InChI is InChI=1S/C31H32F2N5O6PS/c32-31(33,45(42,43)44)21-6-9-26-19(12-21)13-27(46-26)28(39)36-24-15-35-11-10-22-7-8-25(38(22)29(24)40)30(41)37-16-20(14-34)23(17-37)18-4-2-1-3-5-18/h1-6,9,12-13,20,22-25,35H,7-8,10-11,15-17H2,(H,36,39)(H2,42,43,44)/t20-,22+,23+,24-,25-/m0/s1. The van der Waals surface area contributed by atoms with Crippen molar-refractivity contribution in [3.8, 4) is 6.07 Å². The lowest BCUT2D eigenvalue weighted by atomic mass is 9.90. The number of nitrogens with zero attached hydrogens (tertiary/aromatic N) is 3. The van der Waals surface area contributed by atoms with Crippen molar-refractivity contribution in [3.05, 3.63) is 70.6 Å². The van der Waals surface area contributed by atoms with Crippen LogP contribution in [-0.4, -0.2) is 81.6 Å². The van der Waals surface area contributed by atoms with E-state index in [1.54, 1.807) is 9.80 Å². The molecule has 15 heteroatoms. The number of carbonyl (C=O) groups is 3. The van der Waals surface area contributed by atoms with Crippen LogP contribution in [0.15, 0.2) is 54.6 Å². The molecule has 0 unspecified atom stereocenters. The first-order valence-electron chi connectivity index (χ1n) is 14.9. The molecule has 0 aliphatic carbocycles. The molecule has 2 aromatic carbocycles. The van der Waals surface area contributed by atoms with Crippen molar-refractivity contribution in [2.75, 3.05) is 26.2 Å². The Balaban J connectivity index is 1.19. The second-order valence-electron chi connectivity index (χ2n) is 12.0. The zero-order valence-electron chi connectivity index (χ0n) is 24.5. The van der Waals surface area contributed by atoms with Gasteiger partial charge in [-0.05, 0) is 55.0 Å². The highest BCUT2D eigenvalue weighted by Gasteiger charge is 2.51. The molecule has 3 amide bonds. The van der Waals surface area contributed by atoms with Gasteiger partial charge in [0.2, 0.25) is 11.8 Å². The molecule has 5 atom stereocenters. The predicted octanol–water partition coefficient (Wildman–Crippen LogP) is 3.35. The Hall–Kier alpha value is -3.73. The molecule has 3 aliphatic rings. The van der Waals surface area contributed by atoms with E-state index in [4.69, 9.17) is 9.79 Å². The Bertz CT molecular complexity index is 1760. The molecule has 0 radical (unpaired) electrons. The van der Waals surface area contributed by atoms with Gasteiger partial charge < -0.3 is 30.2 Å². The summed E-state index contributed by atoms with van der Waals surface area (Å²) in [6.45, 7) is 1.33. The summed E-state index contributed by atoms with van der Waals surface area (Å²) in [6, 6.07) is 14.5. The van der Waals surface area contributed by atoms with Crippen LogP contribution in [0.2, 0.25) is 0 Å². The third-order valence-corrected chi connectivity index (χ3v) is 11.2. The summed E-state index contributed by atoms with van der Waals surface area (Å²) < 4.78 is 40.3. The number of rotatable bonds is 6. The second kappa shape index (κ2) is 12.5. The molecule has 0 saturated carbocycles. The monoisotopic (exact) mass is 671 g/mol. The number of alkyl halides is 2. The topological polar surface area (TPSA) is 163 Å². The first kappa shape index (κ1) is 32.2. The number of hydrogen-bond donors (Lipinski definition) is 4. The highest BCUT2D eigenvalue weighted by molar-refractivity contribution is 7.52. The maximum atomic E-state index is 14.3. The van der Waals surface area contributed by atoms with Gasteiger partial charge in [0, 0.05) is 41.9 Å². The molecule has 3 fully saturated rings. The third-order valence-electron chi connectivity index (χ3n) is 9.13. The molecule has 1 aromatic heterocycles. The van der Waals surface area contributed by atoms with E-state index in [0.29, 0.717) is 37.1 Å². The van der Waals surface area contributed by atoms with Gasteiger partial charge in [-0.3, -0.25) is 18.9 Å². The summed E-state index contributed by atoms with van der Waals surface area (Å²) >= 11 is 0.990. The highest BCUT2D eigenvalue weighted by atomic mass is 32.1. The summed E-state index contributed by atoms with van der Waals surface area (Å²) in [5.74, 6) is -1.73. The van der Waals surface area contributed by atoms with E-state index >= 15 is 0 Å². The van der Waals surface area contributed by atoms with Crippen LogP contribution in [0, 0.1) is 17.2 Å². The molecule has 3 saturated heterocycles. The van der Waals surface area contributed by atoms with Crippen molar-refractivity contribution in [1.82, 2.24) is 20.4 Å². The van der Waals surface area contributed by atoms with Gasteiger partial charge >= 0.3 is 13.3 Å². The van der Waals surface area contributed by atoms with Crippen LogP contribution in [0.25, 0.3) is 10.1 Å². The normalized spacial score (nSPS) is 25.5. The van der Waals surface area contributed by atoms with Gasteiger partial charge in [-0.1, -0.05) is 36.4 Å². The Kier molecular flexibility index (Phi) is 8.73. The zero-order chi connectivity index (χ0) is 32.8. The Morgan fingerprint density at radius 1 is 1.09 bits per heavy atom. The van der Waals surface area contributed by atoms with E-state index < -0.39 is 42.7 Å². The predicted molar refractivity (Wildman–Crippen MR) is 165 cm³/mol. The van der Waals surface area contributed by atoms with Crippen LogP contribution in [0.3, 0.4) is 0 Å². The minimum Gasteiger partial charge on any atom is -0.339 e. The molecule has 3 aromatic rings. The van der Waals surface area contributed by atoms with Gasteiger partial charge in [-0.2, -0.15) is 14.0 Å². The fourth-order valence-electron chi connectivity index (χ4n) is 6.74. The Labute approximate surface area is 267 Å². The SMILES string of the molecule is N#C[C@H]1CN(C(=O)[C@@H]2CC[C@@H]3CCNC[C@H](NC(=O)c4cc5cc(C(F)(F)P(=O)(O)O)ccc5s4)C(=O)N32)C[C@@H]1c1ccccc1. The van der Waals surface area contributed by atoms with E-state index in [1.807, 2.05) is 30.3 Å². The van der Waals surface area contributed by atoms with Crippen LogP contribution in [0.4, 0.5) is 8.78 Å². The molecular formula is C31H32F2N5O6PS. The van der Waals surface area contributed by atoms with E-state index in [9.17, 15) is 33.0 Å². The van der Waals surface area contributed by atoms with Crippen molar-refractivity contribution >= 4 is 46.7 Å². The third kappa shape index (κ3) is 5.94. The number of nitrogens with one attached hydrogen (secondary N) is 2. The Morgan fingerprint density at radius 2 is 1.85 bits per heavy atom. The van der Waals surface area contributed by atoms with Crippen molar-refractivity contribution < 1.29 is 37.5 Å². The van der Waals surface area contributed by atoms with E-state index in [-0.39, 0.29) is 47.1 Å². The van der Waals surface area contributed by atoms with Gasteiger partial charge in [0.25, 0.3) is 5.91 Å². The number of hydrogen-bond acceptors (Lipinski definition) is 7. The minimum atomic E-state index is -5.77. The molecule has 3 aliphatic heterocycles. The maximum Gasteiger partial charge on any atom is 0.399 e. The van der Waals surface area contributed by atoms with Crippen LogP contribution in [-0.2, 0) is 19.8 Å². The average molecular weight is 672 g/mol. The van der Waals surface area contributed by atoms with Crippen LogP contribution in [0.1, 0.15) is 46.0 Å². The largest absolute Gasteiger partial charge is 0.399 e. The molecule has 6 rings (SSSR count). The van der Waals surface area contributed by atoms with Crippen molar-refractivity contribution in [1.29, 1.82) is 5.26 Å². The molecule has 46 heavy (non-hydrogen) atoms. The number of likely N-dealkylation sites (tertiary alicyclic amines) is 1. The summed E-state index contributed by atoms with van der Waals surface area (Å²) in [7, 11) is -5.77. The van der Waals surface area contributed by atoms with Gasteiger partial charge in [0.05, 0.1) is 16.9 Å². The number of benzene rings is 2. The molecule has 4 N–H and O–H groups in total. The quantitative estimate of drug-likeness (QED) is 0.290. The Morgan fingerprint density at radius 3 is 2.57 bits per heavy atom. The minimum absolute atomic E-state index is 0.120. The van der Waals surface area contributed by atoms with Crippen molar-refractivity contribution in [3.63, 3.8) is 0 Å². The molecule has 0 bridgehead atoms. The molecule has 4 heterocycles. The van der Waals surface area contributed by atoms with Crippen LogP contribution >= 0.6 is 18.9 Å². The lowest BCUT2D eigenvalue weighted by molar-refractivity contribution is -0.146. The molecule has 242 valence electrons. The zero-order valence-corrected chi connectivity index (χ0v) is 26.2. The van der Waals surface area contributed by atoms with Crippen LogP contribution in [0.5, 0.6) is 0 Å². The van der Waals surface area contributed by atoms with E-state index in [0.717, 1.165) is 29.0 Å². The second-order valence-corrected chi connectivity index (χ2v) is 14.7. The molecular weight excluding hydrogens is 639 g/mol. The lowest BCUT2D eigenvalue weighted by Crippen LogP contribution is -2.60. The summed E-state index contributed by atoms with van der Waals surface area (Å²) in [4.78, 5) is 62.9. The number of amides is 3. The maximum absolute atomic E-state index is 14.3.